The number of rotatable bonds is 4. The lowest BCUT2D eigenvalue weighted by molar-refractivity contribution is -0.132. The minimum absolute atomic E-state index is 0.0197. The topological polar surface area (TPSA) is 23.5 Å². The van der Waals surface area contributed by atoms with Crippen LogP contribution < -0.4 is 0 Å². The van der Waals surface area contributed by atoms with Crippen LogP contribution in [0.5, 0.6) is 0 Å². The van der Waals surface area contributed by atoms with Crippen molar-refractivity contribution in [1.29, 1.82) is 0 Å². The summed E-state index contributed by atoms with van der Waals surface area (Å²) in [5, 5.41) is 8.87. The minimum Gasteiger partial charge on any atom is -0.396 e. The molecule has 1 N–H and O–H groups in total. The number of hydrogen-bond acceptors (Lipinski definition) is 2. The zero-order chi connectivity index (χ0) is 12.2. The van der Waals surface area contributed by atoms with Crippen LogP contribution >= 0.6 is 15.9 Å². The number of piperidine rings is 1. The third-order valence-corrected chi connectivity index (χ3v) is 3.77. The van der Waals surface area contributed by atoms with Crippen LogP contribution in [0.1, 0.15) is 25.7 Å². The van der Waals surface area contributed by atoms with Crippen molar-refractivity contribution in [3.8, 4) is 0 Å². The predicted octanol–water partition coefficient (Wildman–Crippen LogP) is 2.55. The van der Waals surface area contributed by atoms with Gasteiger partial charge in [0.15, 0.2) is 0 Å². The molecule has 0 amide bonds. The average molecular weight is 304 g/mol. The normalized spacial score (nSPS) is 25.7. The van der Waals surface area contributed by atoms with E-state index in [4.69, 9.17) is 5.11 Å². The van der Waals surface area contributed by atoms with Gasteiger partial charge in [-0.3, -0.25) is 4.90 Å². The molecule has 0 aromatic rings. The molecular formula is C10H17BrF3NO. The Morgan fingerprint density at radius 2 is 2.06 bits per heavy atom. The second-order valence-electron chi connectivity index (χ2n) is 4.17. The van der Waals surface area contributed by atoms with Crippen molar-refractivity contribution in [3.05, 3.63) is 0 Å². The van der Waals surface area contributed by atoms with Gasteiger partial charge in [0.05, 0.1) is 0 Å². The highest BCUT2D eigenvalue weighted by Crippen LogP contribution is 2.29. The van der Waals surface area contributed by atoms with Crippen LogP contribution in [0.2, 0.25) is 0 Å². The first-order chi connectivity index (χ1) is 7.45. The van der Waals surface area contributed by atoms with Gasteiger partial charge in [-0.1, -0.05) is 22.4 Å². The number of hydrogen-bond donors (Lipinski definition) is 1. The van der Waals surface area contributed by atoms with Crippen molar-refractivity contribution in [2.24, 2.45) is 0 Å². The smallest absolute Gasteiger partial charge is 0.396 e. The first-order valence-corrected chi connectivity index (χ1v) is 6.42. The van der Waals surface area contributed by atoms with Gasteiger partial charge in [-0.05, 0) is 25.8 Å². The molecule has 0 bridgehead atoms. The number of alkyl halides is 4. The van der Waals surface area contributed by atoms with E-state index < -0.39 is 11.0 Å². The maximum atomic E-state index is 12.4. The maximum absolute atomic E-state index is 12.4. The summed E-state index contributed by atoms with van der Waals surface area (Å²) < 4.78 is 37.2. The summed E-state index contributed by atoms with van der Waals surface area (Å²) in [5.74, 6) is 0. The Kier molecular flexibility index (Phi) is 5.53. The summed E-state index contributed by atoms with van der Waals surface area (Å²) in [6, 6.07) is 0.0983. The standard InChI is InChI=1S/C10H17BrF3NO/c11-9(10(12,13)14)7-15-5-2-1-3-8(15)4-6-16/h8-9,16H,1-7H2. The molecule has 2 unspecified atom stereocenters. The summed E-state index contributed by atoms with van der Waals surface area (Å²) in [4.78, 5) is 0.367. The van der Waals surface area contributed by atoms with E-state index in [0.29, 0.717) is 13.0 Å². The summed E-state index contributed by atoms with van der Waals surface area (Å²) in [6.45, 7) is 0.719. The predicted molar refractivity (Wildman–Crippen MR) is 59.7 cm³/mol. The van der Waals surface area contributed by atoms with Crippen LogP contribution in [0.4, 0.5) is 13.2 Å². The van der Waals surface area contributed by atoms with Gasteiger partial charge < -0.3 is 5.11 Å². The molecule has 6 heteroatoms. The fourth-order valence-corrected chi connectivity index (χ4v) is 2.46. The van der Waals surface area contributed by atoms with Gasteiger partial charge in [0.1, 0.15) is 4.83 Å². The molecule has 2 atom stereocenters. The van der Waals surface area contributed by atoms with E-state index in [2.05, 4.69) is 15.9 Å². The third-order valence-electron chi connectivity index (χ3n) is 2.96. The molecule has 0 radical (unpaired) electrons. The van der Waals surface area contributed by atoms with Crippen LogP contribution in [-0.4, -0.2) is 46.7 Å². The first kappa shape index (κ1) is 14.3. The average Bonchev–Trinajstić information content (AvgIpc) is 2.20. The molecule has 0 aliphatic carbocycles. The molecule has 96 valence electrons. The largest absolute Gasteiger partial charge is 0.402 e. The van der Waals surface area contributed by atoms with Crippen LogP contribution in [0.15, 0.2) is 0 Å². The third kappa shape index (κ3) is 4.22. The maximum Gasteiger partial charge on any atom is 0.402 e. The van der Waals surface area contributed by atoms with Crippen molar-refractivity contribution in [3.63, 3.8) is 0 Å². The minimum atomic E-state index is -4.19. The number of likely N-dealkylation sites (tertiary alicyclic amines) is 1. The Balaban J connectivity index is 2.49. The quantitative estimate of drug-likeness (QED) is 0.807. The summed E-state index contributed by atoms with van der Waals surface area (Å²) in [6.07, 6.45) is -0.753. The fourth-order valence-electron chi connectivity index (χ4n) is 2.09. The van der Waals surface area contributed by atoms with Gasteiger partial charge in [0.2, 0.25) is 0 Å². The number of aliphatic hydroxyl groups excluding tert-OH is 1. The molecule has 1 aliphatic rings. The lowest BCUT2D eigenvalue weighted by atomic mass is 9.99. The van der Waals surface area contributed by atoms with E-state index in [-0.39, 0.29) is 19.2 Å². The molecule has 0 aromatic heterocycles. The van der Waals surface area contributed by atoms with Gasteiger partial charge in [0, 0.05) is 19.2 Å². The van der Waals surface area contributed by atoms with Crippen molar-refractivity contribution >= 4 is 15.9 Å². The Morgan fingerprint density at radius 1 is 1.38 bits per heavy atom. The SMILES string of the molecule is OCCC1CCCCN1CC(Br)C(F)(F)F. The van der Waals surface area contributed by atoms with Crippen LogP contribution in [0.3, 0.4) is 0 Å². The lowest BCUT2D eigenvalue weighted by Gasteiger charge is -2.37. The lowest BCUT2D eigenvalue weighted by Crippen LogP contribution is -2.46. The van der Waals surface area contributed by atoms with Crippen molar-refractivity contribution < 1.29 is 18.3 Å². The monoisotopic (exact) mass is 303 g/mol. The molecule has 2 nitrogen and oxygen atoms in total. The molecule has 0 saturated carbocycles. The highest BCUT2D eigenvalue weighted by atomic mass is 79.9. The van der Waals surface area contributed by atoms with E-state index in [1.165, 1.54) is 0 Å². The van der Waals surface area contributed by atoms with Crippen LogP contribution in [-0.2, 0) is 0 Å². The van der Waals surface area contributed by atoms with E-state index in [0.717, 1.165) is 19.3 Å². The van der Waals surface area contributed by atoms with E-state index in [1.807, 2.05) is 4.90 Å². The van der Waals surface area contributed by atoms with E-state index in [9.17, 15) is 13.2 Å². The Hall–Kier alpha value is 0.190. The highest BCUT2D eigenvalue weighted by molar-refractivity contribution is 9.09. The van der Waals surface area contributed by atoms with Crippen molar-refractivity contribution in [1.82, 2.24) is 4.90 Å². The number of halogens is 4. The zero-order valence-electron chi connectivity index (χ0n) is 9.01. The van der Waals surface area contributed by atoms with Gasteiger partial charge >= 0.3 is 6.18 Å². The van der Waals surface area contributed by atoms with Gasteiger partial charge in [-0.15, -0.1) is 0 Å². The second-order valence-corrected chi connectivity index (χ2v) is 5.27. The van der Waals surface area contributed by atoms with Crippen molar-refractivity contribution in [2.45, 2.75) is 42.7 Å². The molecule has 16 heavy (non-hydrogen) atoms. The van der Waals surface area contributed by atoms with Gasteiger partial charge in [-0.25, -0.2) is 0 Å². The second kappa shape index (κ2) is 6.21. The molecule has 1 heterocycles. The fraction of sp³-hybridized carbons (Fsp3) is 1.00. The Bertz CT molecular complexity index is 211. The Morgan fingerprint density at radius 3 is 2.62 bits per heavy atom. The van der Waals surface area contributed by atoms with E-state index in [1.54, 1.807) is 0 Å². The molecule has 1 rings (SSSR count). The number of aliphatic hydroxyl groups is 1. The number of nitrogens with zero attached hydrogens (tertiary/aromatic N) is 1. The van der Waals surface area contributed by atoms with Gasteiger partial charge in [0.25, 0.3) is 0 Å². The van der Waals surface area contributed by atoms with Crippen LogP contribution in [0, 0.1) is 0 Å². The molecule has 1 fully saturated rings. The van der Waals surface area contributed by atoms with Gasteiger partial charge in [-0.2, -0.15) is 13.2 Å². The summed E-state index contributed by atoms with van der Waals surface area (Å²) >= 11 is 2.68. The van der Waals surface area contributed by atoms with Crippen molar-refractivity contribution in [2.75, 3.05) is 19.7 Å². The first-order valence-electron chi connectivity index (χ1n) is 5.51. The molecule has 1 saturated heterocycles. The van der Waals surface area contributed by atoms with E-state index >= 15 is 0 Å². The summed E-state index contributed by atoms with van der Waals surface area (Å²) in [5.41, 5.74) is 0. The zero-order valence-corrected chi connectivity index (χ0v) is 10.6. The molecule has 1 aliphatic heterocycles. The summed E-state index contributed by atoms with van der Waals surface area (Å²) in [7, 11) is 0. The molecular weight excluding hydrogens is 287 g/mol. The molecule has 0 aromatic carbocycles. The molecule has 0 spiro atoms. The van der Waals surface area contributed by atoms with Crippen LogP contribution in [0.25, 0.3) is 0 Å². The Labute approximate surface area is 102 Å². The highest BCUT2D eigenvalue weighted by Gasteiger charge is 2.39.